The van der Waals surface area contributed by atoms with Crippen molar-refractivity contribution in [2.75, 3.05) is 11.0 Å². The predicted octanol–water partition coefficient (Wildman–Crippen LogP) is 2.53. The quantitative estimate of drug-likeness (QED) is 0.835. The van der Waals surface area contributed by atoms with Gasteiger partial charge >= 0.3 is 0 Å². The van der Waals surface area contributed by atoms with E-state index in [9.17, 15) is 13.2 Å². The molecule has 1 unspecified atom stereocenters. The van der Waals surface area contributed by atoms with E-state index in [1.54, 1.807) is 24.3 Å². The molecule has 1 aromatic carbocycles. The molecule has 0 aliphatic rings. The number of carbonyl (C=O) groups excluding carboxylic acids is 1. The summed E-state index contributed by atoms with van der Waals surface area (Å²) in [5, 5.41) is 0. The summed E-state index contributed by atoms with van der Waals surface area (Å²) in [5.41, 5.74) is 1.07. The first-order valence-corrected chi connectivity index (χ1v) is 7.72. The Kier molecular flexibility index (Phi) is 4.51. The topological polar surface area (TPSA) is 63.2 Å². The van der Waals surface area contributed by atoms with Crippen LogP contribution in [-0.2, 0) is 10.0 Å². The van der Waals surface area contributed by atoms with E-state index in [2.05, 4.69) is 4.72 Å². The molecule has 1 rings (SSSR count). The molecule has 4 nitrogen and oxygen atoms in total. The minimum Gasteiger partial charge on any atom is -0.294 e. The van der Waals surface area contributed by atoms with Gasteiger partial charge in [0.2, 0.25) is 10.0 Å². The fraction of sp³-hybridized carbons (Fsp3) is 0.462. The third kappa shape index (κ3) is 4.14. The van der Waals surface area contributed by atoms with Crippen LogP contribution >= 0.6 is 0 Å². The first-order valence-electron chi connectivity index (χ1n) is 5.83. The first-order chi connectivity index (χ1) is 8.20. The molecule has 0 spiro atoms. The summed E-state index contributed by atoms with van der Waals surface area (Å²) >= 11 is 0. The minimum atomic E-state index is -3.27. The van der Waals surface area contributed by atoms with Crippen LogP contribution in [0.25, 0.3) is 0 Å². The van der Waals surface area contributed by atoms with E-state index in [0.717, 1.165) is 6.26 Å². The van der Waals surface area contributed by atoms with Gasteiger partial charge in [0.25, 0.3) is 0 Å². The second kappa shape index (κ2) is 5.52. The molecule has 0 amide bonds. The van der Waals surface area contributed by atoms with Crippen LogP contribution in [-0.4, -0.2) is 20.5 Å². The van der Waals surface area contributed by atoms with Gasteiger partial charge in [-0.05, 0) is 30.2 Å². The van der Waals surface area contributed by atoms with Gasteiger partial charge in [0.1, 0.15) is 0 Å². The molecule has 0 aliphatic carbocycles. The van der Waals surface area contributed by atoms with Gasteiger partial charge in [0.15, 0.2) is 5.78 Å². The Morgan fingerprint density at radius 3 is 2.00 bits per heavy atom. The zero-order chi connectivity index (χ0) is 13.9. The molecule has 0 radical (unpaired) electrons. The van der Waals surface area contributed by atoms with Crippen molar-refractivity contribution in [1.82, 2.24) is 0 Å². The molecule has 18 heavy (non-hydrogen) atoms. The van der Waals surface area contributed by atoms with Gasteiger partial charge in [-0.25, -0.2) is 8.42 Å². The molecule has 0 aliphatic heterocycles. The van der Waals surface area contributed by atoms with Crippen molar-refractivity contribution in [2.45, 2.75) is 20.8 Å². The molecular formula is C13H19NO3S. The van der Waals surface area contributed by atoms with Gasteiger partial charge in [-0.2, -0.15) is 0 Å². The number of Topliss-reactive ketones (excluding diaryl/α,β-unsaturated/α-hetero) is 1. The van der Waals surface area contributed by atoms with Crippen molar-refractivity contribution in [3.63, 3.8) is 0 Å². The molecule has 0 saturated carbocycles. The first kappa shape index (κ1) is 14.7. The van der Waals surface area contributed by atoms with E-state index in [-0.39, 0.29) is 17.6 Å². The number of hydrogen-bond acceptors (Lipinski definition) is 3. The van der Waals surface area contributed by atoms with Crippen molar-refractivity contribution < 1.29 is 13.2 Å². The highest BCUT2D eigenvalue weighted by molar-refractivity contribution is 7.92. The summed E-state index contributed by atoms with van der Waals surface area (Å²) in [7, 11) is -3.27. The Balaban J connectivity index is 2.86. The lowest BCUT2D eigenvalue weighted by Gasteiger charge is -2.14. The Morgan fingerprint density at radius 2 is 1.61 bits per heavy atom. The van der Waals surface area contributed by atoms with E-state index < -0.39 is 10.0 Å². The lowest BCUT2D eigenvalue weighted by atomic mass is 9.90. The Bertz CT molecular complexity index is 518. The SMILES string of the molecule is CC(C)C(C)C(=O)c1ccc(NS(C)(=O)=O)cc1. The zero-order valence-corrected chi connectivity index (χ0v) is 11.9. The number of sulfonamides is 1. The van der Waals surface area contributed by atoms with E-state index in [1.165, 1.54) is 0 Å². The molecule has 0 heterocycles. The van der Waals surface area contributed by atoms with Crippen molar-refractivity contribution in [3.05, 3.63) is 29.8 Å². The van der Waals surface area contributed by atoms with Crippen LogP contribution in [0.3, 0.4) is 0 Å². The number of hydrogen-bond donors (Lipinski definition) is 1. The van der Waals surface area contributed by atoms with E-state index in [1.807, 2.05) is 20.8 Å². The highest BCUT2D eigenvalue weighted by atomic mass is 32.2. The van der Waals surface area contributed by atoms with Crippen molar-refractivity contribution >= 4 is 21.5 Å². The van der Waals surface area contributed by atoms with Crippen LogP contribution in [0.1, 0.15) is 31.1 Å². The van der Waals surface area contributed by atoms with Gasteiger partial charge in [0, 0.05) is 17.2 Å². The van der Waals surface area contributed by atoms with E-state index in [4.69, 9.17) is 0 Å². The minimum absolute atomic E-state index is 0.0429. The lowest BCUT2D eigenvalue weighted by Crippen LogP contribution is -2.17. The largest absolute Gasteiger partial charge is 0.294 e. The zero-order valence-electron chi connectivity index (χ0n) is 11.1. The summed E-state index contributed by atoms with van der Waals surface area (Å²) in [6.45, 7) is 5.90. The number of rotatable bonds is 5. The van der Waals surface area contributed by atoms with Crippen molar-refractivity contribution in [1.29, 1.82) is 0 Å². The molecule has 0 saturated heterocycles. The predicted molar refractivity (Wildman–Crippen MR) is 73.2 cm³/mol. The molecule has 1 atom stereocenters. The van der Waals surface area contributed by atoms with Gasteiger partial charge in [-0.1, -0.05) is 20.8 Å². The molecule has 1 aromatic rings. The standard InChI is InChI=1S/C13H19NO3S/c1-9(2)10(3)13(15)11-5-7-12(8-6-11)14-18(4,16)17/h5-10,14H,1-4H3. The highest BCUT2D eigenvalue weighted by Gasteiger charge is 2.18. The highest BCUT2D eigenvalue weighted by Crippen LogP contribution is 2.18. The monoisotopic (exact) mass is 269 g/mol. The van der Waals surface area contributed by atoms with Gasteiger partial charge < -0.3 is 0 Å². The van der Waals surface area contributed by atoms with Gasteiger partial charge in [-0.15, -0.1) is 0 Å². The number of nitrogens with one attached hydrogen (secondary N) is 1. The Hall–Kier alpha value is -1.36. The van der Waals surface area contributed by atoms with Crippen LogP contribution in [0.15, 0.2) is 24.3 Å². The third-order valence-corrected chi connectivity index (χ3v) is 3.49. The third-order valence-electron chi connectivity index (χ3n) is 2.89. The average Bonchev–Trinajstić information content (AvgIpc) is 2.26. The number of benzene rings is 1. The summed E-state index contributed by atoms with van der Waals surface area (Å²) in [5.74, 6) is 0.320. The summed E-state index contributed by atoms with van der Waals surface area (Å²) < 4.78 is 24.4. The summed E-state index contributed by atoms with van der Waals surface area (Å²) in [6, 6.07) is 6.49. The number of ketones is 1. The smallest absolute Gasteiger partial charge is 0.229 e. The second-order valence-corrected chi connectivity index (χ2v) is 6.60. The second-order valence-electron chi connectivity index (χ2n) is 4.85. The fourth-order valence-corrected chi connectivity index (χ4v) is 2.05. The summed E-state index contributed by atoms with van der Waals surface area (Å²) in [4.78, 5) is 12.0. The van der Waals surface area contributed by atoms with Crippen LogP contribution in [0.2, 0.25) is 0 Å². The Labute approximate surface area is 108 Å². The number of anilines is 1. The molecule has 5 heteroatoms. The number of carbonyl (C=O) groups is 1. The maximum absolute atomic E-state index is 12.0. The molecule has 100 valence electrons. The van der Waals surface area contributed by atoms with Crippen LogP contribution in [0.5, 0.6) is 0 Å². The maximum Gasteiger partial charge on any atom is 0.229 e. The van der Waals surface area contributed by atoms with Crippen LogP contribution in [0, 0.1) is 11.8 Å². The molecule has 0 fully saturated rings. The fourth-order valence-electron chi connectivity index (χ4n) is 1.48. The van der Waals surface area contributed by atoms with Crippen LogP contribution in [0.4, 0.5) is 5.69 Å². The van der Waals surface area contributed by atoms with Gasteiger partial charge in [0.05, 0.1) is 6.26 Å². The average molecular weight is 269 g/mol. The molecule has 0 aromatic heterocycles. The van der Waals surface area contributed by atoms with Crippen molar-refractivity contribution in [3.8, 4) is 0 Å². The van der Waals surface area contributed by atoms with Gasteiger partial charge in [-0.3, -0.25) is 9.52 Å². The van der Waals surface area contributed by atoms with E-state index in [0.29, 0.717) is 11.3 Å². The molecule has 1 N–H and O–H groups in total. The maximum atomic E-state index is 12.0. The lowest BCUT2D eigenvalue weighted by molar-refractivity contribution is 0.0900. The normalized spacial score (nSPS) is 13.4. The molecular weight excluding hydrogens is 250 g/mol. The Morgan fingerprint density at radius 1 is 1.11 bits per heavy atom. The molecule has 0 bridgehead atoms. The van der Waals surface area contributed by atoms with E-state index >= 15 is 0 Å². The van der Waals surface area contributed by atoms with Crippen molar-refractivity contribution in [2.24, 2.45) is 11.8 Å². The summed E-state index contributed by atoms with van der Waals surface area (Å²) in [6.07, 6.45) is 1.09. The van der Waals surface area contributed by atoms with Crippen LogP contribution < -0.4 is 4.72 Å².